The van der Waals surface area contributed by atoms with Crippen LogP contribution >= 0.6 is 0 Å². The molecule has 1 aromatic rings. The van der Waals surface area contributed by atoms with Gasteiger partial charge in [-0.25, -0.2) is 0 Å². The largest absolute Gasteiger partial charge is 0.337 e. The summed E-state index contributed by atoms with van der Waals surface area (Å²) in [6, 6.07) is 11.6. The van der Waals surface area contributed by atoms with E-state index in [1.54, 1.807) is 4.90 Å². The van der Waals surface area contributed by atoms with Gasteiger partial charge in [0.15, 0.2) is 0 Å². The topological polar surface area (TPSA) is 4.44 Å². The Balaban J connectivity index is 2.45. The average Bonchev–Trinajstić information content (AvgIpc) is 2.29. The lowest BCUT2D eigenvalue weighted by Crippen LogP contribution is -3.10. The van der Waals surface area contributed by atoms with Crippen LogP contribution in [-0.4, -0.2) is 20.1 Å². The molecule has 16 heavy (non-hydrogen) atoms. The highest BCUT2D eigenvalue weighted by Gasteiger charge is 2.14. The van der Waals surface area contributed by atoms with Gasteiger partial charge >= 0.3 is 0 Å². The van der Waals surface area contributed by atoms with E-state index in [1.807, 2.05) is 0 Å². The van der Waals surface area contributed by atoms with Crippen molar-refractivity contribution >= 4 is 0 Å². The molecular weight excluding hydrogens is 194 g/mol. The highest BCUT2D eigenvalue weighted by atomic mass is 15.1. The van der Waals surface area contributed by atoms with Crippen LogP contribution in [0.25, 0.3) is 0 Å². The maximum Gasteiger partial charge on any atom is 0.0911 e. The minimum absolute atomic E-state index is 0.772. The van der Waals surface area contributed by atoms with E-state index in [9.17, 15) is 0 Å². The van der Waals surface area contributed by atoms with Gasteiger partial charge in [-0.05, 0) is 18.4 Å². The van der Waals surface area contributed by atoms with Gasteiger partial charge in [0.2, 0.25) is 0 Å². The Bertz CT molecular complexity index is 266. The van der Waals surface area contributed by atoms with Crippen LogP contribution in [0.4, 0.5) is 0 Å². The molecule has 1 atom stereocenters. The third kappa shape index (κ3) is 4.80. The summed E-state index contributed by atoms with van der Waals surface area (Å²) >= 11 is 0. The summed E-state index contributed by atoms with van der Waals surface area (Å²) in [6.45, 7) is 2.27. The van der Waals surface area contributed by atoms with E-state index in [2.05, 4.69) is 51.4 Å². The van der Waals surface area contributed by atoms with E-state index in [1.165, 1.54) is 37.7 Å². The summed E-state index contributed by atoms with van der Waals surface area (Å²) in [5.74, 6) is 0. The summed E-state index contributed by atoms with van der Waals surface area (Å²) in [5.41, 5.74) is 1.48. The molecule has 0 saturated heterocycles. The Morgan fingerprint density at radius 2 is 1.75 bits per heavy atom. The fourth-order valence-electron chi connectivity index (χ4n) is 2.13. The smallest absolute Gasteiger partial charge is 0.0911 e. The molecule has 0 bridgehead atoms. The van der Waals surface area contributed by atoms with Crippen LogP contribution in [0.3, 0.4) is 0 Å². The summed E-state index contributed by atoms with van der Waals surface area (Å²) in [7, 11) is 4.55. The van der Waals surface area contributed by atoms with Gasteiger partial charge in [-0.1, -0.05) is 50.1 Å². The van der Waals surface area contributed by atoms with Crippen LogP contribution in [0.15, 0.2) is 30.3 Å². The van der Waals surface area contributed by atoms with Crippen molar-refractivity contribution in [3.63, 3.8) is 0 Å². The highest BCUT2D eigenvalue weighted by molar-refractivity contribution is 5.15. The molecular formula is C15H26N+. The van der Waals surface area contributed by atoms with Crippen molar-refractivity contribution < 1.29 is 4.90 Å². The Morgan fingerprint density at radius 3 is 2.31 bits per heavy atom. The number of nitrogens with one attached hydrogen (secondary N) is 1. The number of quaternary nitrogens is 1. The van der Waals surface area contributed by atoms with Gasteiger partial charge in [0.1, 0.15) is 0 Å². The number of likely N-dealkylation sites (N-methyl/N-ethyl adjacent to an activating group) is 1. The molecule has 0 saturated carbocycles. The van der Waals surface area contributed by atoms with Crippen molar-refractivity contribution in [3.05, 3.63) is 35.9 Å². The first-order valence-electron chi connectivity index (χ1n) is 6.58. The van der Waals surface area contributed by atoms with E-state index in [4.69, 9.17) is 0 Å². The van der Waals surface area contributed by atoms with E-state index < -0.39 is 0 Å². The predicted octanol–water partition coefficient (Wildman–Crippen LogP) is 2.32. The fraction of sp³-hybridized carbons (Fsp3) is 0.600. The standard InChI is InChI=1S/C15H25N/c1-4-5-7-12-15(16(2)3)13-14-10-8-6-9-11-14/h6,8-11,15H,4-5,7,12-13H2,1-3H3/p+1. The Labute approximate surface area is 100 Å². The molecule has 0 fully saturated rings. The van der Waals surface area contributed by atoms with Crippen LogP contribution in [-0.2, 0) is 6.42 Å². The fourth-order valence-corrected chi connectivity index (χ4v) is 2.13. The number of hydrogen-bond acceptors (Lipinski definition) is 0. The first-order chi connectivity index (χ1) is 7.74. The molecule has 90 valence electrons. The molecule has 1 N–H and O–H groups in total. The third-order valence-corrected chi connectivity index (χ3v) is 3.30. The summed E-state index contributed by atoms with van der Waals surface area (Å²) in [5, 5.41) is 0. The molecule has 1 rings (SSSR count). The molecule has 0 spiro atoms. The van der Waals surface area contributed by atoms with E-state index in [0.29, 0.717) is 0 Å². The van der Waals surface area contributed by atoms with Crippen LogP contribution in [0.1, 0.15) is 38.2 Å². The quantitative estimate of drug-likeness (QED) is 0.673. The van der Waals surface area contributed by atoms with Crippen LogP contribution < -0.4 is 4.90 Å². The molecule has 0 aliphatic carbocycles. The lowest BCUT2D eigenvalue weighted by molar-refractivity contribution is -0.886. The van der Waals surface area contributed by atoms with E-state index in [-0.39, 0.29) is 0 Å². The number of hydrogen-bond donors (Lipinski definition) is 1. The van der Waals surface area contributed by atoms with Gasteiger partial charge < -0.3 is 4.90 Å². The second-order valence-electron chi connectivity index (χ2n) is 4.96. The first-order valence-corrected chi connectivity index (χ1v) is 6.58. The highest BCUT2D eigenvalue weighted by Crippen LogP contribution is 2.07. The molecule has 1 unspecified atom stereocenters. The molecule has 0 radical (unpaired) electrons. The van der Waals surface area contributed by atoms with Crippen molar-refractivity contribution in [1.29, 1.82) is 0 Å². The van der Waals surface area contributed by atoms with Crippen molar-refractivity contribution in [2.24, 2.45) is 0 Å². The van der Waals surface area contributed by atoms with Gasteiger partial charge in [0, 0.05) is 6.42 Å². The number of rotatable bonds is 7. The van der Waals surface area contributed by atoms with E-state index in [0.717, 1.165) is 6.04 Å². The van der Waals surface area contributed by atoms with Gasteiger partial charge in [0.05, 0.1) is 20.1 Å². The molecule has 0 aromatic heterocycles. The minimum Gasteiger partial charge on any atom is -0.337 e. The van der Waals surface area contributed by atoms with Crippen molar-refractivity contribution in [1.82, 2.24) is 0 Å². The van der Waals surface area contributed by atoms with E-state index >= 15 is 0 Å². The summed E-state index contributed by atoms with van der Waals surface area (Å²) in [6.07, 6.45) is 6.64. The zero-order chi connectivity index (χ0) is 11.8. The van der Waals surface area contributed by atoms with Crippen LogP contribution in [0.5, 0.6) is 0 Å². The van der Waals surface area contributed by atoms with Crippen LogP contribution in [0, 0.1) is 0 Å². The molecule has 0 amide bonds. The summed E-state index contributed by atoms with van der Waals surface area (Å²) < 4.78 is 0. The SMILES string of the molecule is CCCCCC(Cc1ccccc1)[NH+](C)C. The summed E-state index contributed by atoms with van der Waals surface area (Å²) in [4.78, 5) is 1.58. The second kappa shape index (κ2) is 7.45. The first kappa shape index (κ1) is 13.2. The Kier molecular flexibility index (Phi) is 6.17. The lowest BCUT2D eigenvalue weighted by Gasteiger charge is -2.21. The molecule has 1 heteroatoms. The third-order valence-electron chi connectivity index (χ3n) is 3.30. The lowest BCUT2D eigenvalue weighted by atomic mass is 10.00. The number of benzene rings is 1. The molecule has 1 nitrogen and oxygen atoms in total. The maximum absolute atomic E-state index is 2.28. The zero-order valence-corrected chi connectivity index (χ0v) is 11.0. The van der Waals surface area contributed by atoms with Crippen molar-refractivity contribution in [3.8, 4) is 0 Å². The van der Waals surface area contributed by atoms with Crippen molar-refractivity contribution in [2.75, 3.05) is 14.1 Å². The van der Waals surface area contributed by atoms with Crippen molar-refractivity contribution in [2.45, 2.75) is 45.1 Å². The van der Waals surface area contributed by atoms with Gasteiger partial charge in [-0.15, -0.1) is 0 Å². The maximum atomic E-state index is 2.28. The predicted molar refractivity (Wildman–Crippen MR) is 70.9 cm³/mol. The van der Waals surface area contributed by atoms with Gasteiger partial charge in [-0.3, -0.25) is 0 Å². The molecule has 0 aliphatic heterocycles. The normalized spacial score (nSPS) is 13.0. The number of unbranched alkanes of at least 4 members (excludes halogenated alkanes) is 2. The molecule has 1 aromatic carbocycles. The minimum atomic E-state index is 0.772. The monoisotopic (exact) mass is 220 g/mol. The second-order valence-corrected chi connectivity index (χ2v) is 4.96. The van der Waals surface area contributed by atoms with Crippen LogP contribution in [0.2, 0.25) is 0 Å². The Morgan fingerprint density at radius 1 is 1.06 bits per heavy atom. The van der Waals surface area contributed by atoms with Gasteiger partial charge in [0.25, 0.3) is 0 Å². The molecule has 0 aliphatic rings. The molecule has 0 heterocycles. The zero-order valence-electron chi connectivity index (χ0n) is 11.0. The Hall–Kier alpha value is -0.820. The van der Waals surface area contributed by atoms with Gasteiger partial charge in [-0.2, -0.15) is 0 Å². The average molecular weight is 220 g/mol.